The third kappa shape index (κ3) is 3.80. The minimum Gasteiger partial charge on any atom is -0.326 e. The maximum atomic E-state index is 12.7. The van der Waals surface area contributed by atoms with Crippen LogP contribution < -0.4 is 10.9 Å². The second kappa shape index (κ2) is 8.16. The molecular formula is C21H23N5O2S. The fraction of sp³-hybridized carbons (Fsp3) is 0.333. The van der Waals surface area contributed by atoms with Gasteiger partial charge in [-0.25, -0.2) is 0 Å². The van der Waals surface area contributed by atoms with Crippen LogP contribution in [0, 0.1) is 6.92 Å². The summed E-state index contributed by atoms with van der Waals surface area (Å²) < 4.78 is 4.37. The highest BCUT2D eigenvalue weighted by molar-refractivity contribution is 7.17. The summed E-state index contributed by atoms with van der Waals surface area (Å²) in [7, 11) is 0. The minimum absolute atomic E-state index is 0.0131. The van der Waals surface area contributed by atoms with Gasteiger partial charge in [0, 0.05) is 25.1 Å². The lowest BCUT2D eigenvalue weighted by Gasteiger charge is -2.08. The first-order valence-corrected chi connectivity index (χ1v) is 10.7. The van der Waals surface area contributed by atoms with Crippen LogP contribution in [0.5, 0.6) is 0 Å². The molecule has 7 nitrogen and oxygen atoms in total. The molecule has 0 aliphatic rings. The molecule has 150 valence electrons. The van der Waals surface area contributed by atoms with Gasteiger partial charge in [-0.3, -0.25) is 18.6 Å². The Balaban J connectivity index is 1.53. The average Bonchev–Trinajstić information content (AvgIpc) is 3.32. The highest BCUT2D eigenvalue weighted by atomic mass is 32.1. The number of amides is 1. The van der Waals surface area contributed by atoms with Gasteiger partial charge in [-0.15, -0.1) is 21.5 Å². The van der Waals surface area contributed by atoms with Crippen LogP contribution >= 0.6 is 11.3 Å². The summed E-state index contributed by atoms with van der Waals surface area (Å²) in [5, 5.41) is 13.5. The van der Waals surface area contributed by atoms with Crippen molar-refractivity contribution in [3.8, 4) is 0 Å². The van der Waals surface area contributed by atoms with Crippen molar-refractivity contribution in [2.24, 2.45) is 0 Å². The number of carbonyl (C=O) groups is 1. The number of nitrogens with zero attached hydrogens (tertiary/aromatic N) is 4. The summed E-state index contributed by atoms with van der Waals surface area (Å²) in [6.45, 7) is 4.63. The predicted octanol–water partition coefficient (Wildman–Crippen LogP) is 3.79. The SMILES string of the molecule is CCCn1c(=O)c2sccc2n2c(CCCC(=O)Nc3cccc(C)c3)nnc12. The number of aromatic nitrogens is 4. The first-order valence-electron chi connectivity index (χ1n) is 9.79. The molecule has 29 heavy (non-hydrogen) atoms. The van der Waals surface area contributed by atoms with Crippen molar-refractivity contribution in [2.45, 2.75) is 46.1 Å². The van der Waals surface area contributed by atoms with Gasteiger partial charge in [-0.2, -0.15) is 0 Å². The monoisotopic (exact) mass is 409 g/mol. The summed E-state index contributed by atoms with van der Waals surface area (Å²) in [5.41, 5.74) is 2.74. The van der Waals surface area contributed by atoms with E-state index in [2.05, 4.69) is 15.5 Å². The highest BCUT2D eigenvalue weighted by Gasteiger charge is 2.17. The number of thiophene rings is 1. The van der Waals surface area contributed by atoms with Crippen LogP contribution in [-0.2, 0) is 17.8 Å². The molecule has 3 aromatic heterocycles. The zero-order chi connectivity index (χ0) is 20.4. The number of fused-ring (bicyclic) bond motifs is 3. The van der Waals surface area contributed by atoms with Crippen molar-refractivity contribution in [1.29, 1.82) is 0 Å². The number of nitrogens with one attached hydrogen (secondary N) is 1. The lowest BCUT2D eigenvalue weighted by molar-refractivity contribution is -0.116. The second-order valence-electron chi connectivity index (χ2n) is 7.11. The molecule has 0 atom stereocenters. The molecule has 8 heteroatoms. The number of benzene rings is 1. The van der Waals surface area contributed by atoms with E-state index in [4.69, 9.17) is 0 Å². The quantitative estimate of drug-likeness (QED) is 0.504. The maximum Gasteiger partial charge on any atom is 0.272 e. The topological polar surface area (TPSA) is 81.3 Å². The fourth-order valence-corrected chi connectivity index (χ4v) is 4.35. The van der Waals surface area contributed by atoms with E-state index in [1.807, 2.05) is 54.0 Å². The van der Waals surface area contributed by atoms with Crippen molar-refractivity contribution in [2.75, 3.05) is 5.32 Å². The Labute approximate surface area is 172 Å². The lowest BCUT2D eigenvalue weighted by Crippen LogP contribution is -2.22. The smallest absolute Gasteiger partial charge is 0.272 e. The predicted molar refractivity (Wildman–Crippen MR) is 116 cm³/mol. The van der Waals surface area contributed by atoms with Gasteiger partial charge in [-0.1, -0.05) is 19.1 Å². The number of hydrogen-bond donors (Lipinski definition) is 1. The molecule has 0 saturated carbocycles. The molecule has 0 bridgehead atoms. The fourth-order valence-electron chi connectivity index (χ4n) is 3.52. The number of aryl methyl sites for hydroxylation is 3. The Morgan fingerprint density at radius 1 is 1.24 bits per heavy atom. The zero-order valence-corrected chi connectivity index (χ0v) is 17.3. The van der Waals surface area contributed by atoms with Crippen LogP contribution in [0.4, 0.5) is 5.69 Å². The van der Waals surface area contributed by atoms with Crippen molar-refractivity contribution < 1.29 is 4.79 Å². The van der Waals surface area contributed by atoms with Crippen molar-refractivity contribution in [3.05, 3.63) is 57.5 Å². The van der Waals surface area contributed by atoms with E-state index in [9.17, 15) is 9.59 Å². The van der Waals surface area contributed by atoms with Crippen LogP contribution in [0.1, 0.15) is 37.6 Å². The second-order valence-corrected chi connectivity index (χ2v) is 8.03. The standard InChI is InChI=1S/C21H23N5O2S/c1-3-11-25-20(28)19-16(10-12-29-19)26-17(23-24-21(25)26)8-5-9-18(27)22-15-7-4-6-14(2)13-15/h4,6-7,10,12-13H,3,5,8-9,11H2,1-2H3,(H,22,27). The van der Waals surface area contributed by atoms with Crippen molar-refractivity contribution in [3.63, 3.8) is 0 Å². The molecule has 0 spiro atoms. The van der Waals surface area contributed by atoms with Gasteiger partial charge in [-0.05, 0) is 48.9 Å². The molecule has 3 heterocycles. The number of carbonyl (C=O) groups excluding carboxylic acids is 1. The molecule has 1 amide bonds. The molecule has 1 N–H and O–H groups in total. The third-order valence-corrected chi connectivity index (χ3v) is 5.72. The van der Waals surface area contributed by atoms with Crippen LogP contribution in [0.3, 0.4) is 0 Å². The molecule has 0 saturated heterocycles. The van der Waals surface area contributed by atoms with Gasteiger partial charge in [0.1, 0.15) is 10.5 Å². The number of rotatable bonds is 7. The van der Waals surface area contributed by atoms with Gasteiger partial charge in [0.15, 0.2) is 0 Å². The molecule has 4 aromatic rings. The molecule has 0 aliphatic heterocycles. The summed E-state index contributed by atoms with van der Waals surface area (Å²) in [5.74, 6) is 1.33. The van der Waals surface area contributed by atoms with Crippen LogP contribution in [0.25, 0.3) is 16.0 Å². The van der Waals surface area contributed by atoms with Gasteiger partial charge >= 0.3 is 0 Å². The minimum atomic E-state index is -0.0204. The molecule has 0 aliphatic carbocycles. The van der Waals surface area contributed by atoms with Gasteiger partial charge < -0.3 is 5.32 Å². The van der Waals surface area contributed by atoms with E-state index >= 15 is 0 Å². The van der Waals surface area contributed by atoms with Gasteiger partial charge in [0.25, 0.3) is 5.56 Å². The van der Waals surface area contributed by atoms with E-state index < -0.39 is 0 Å². The summed E-state index contributed by atoms with van der Waals surface area (Å²) >= 11 is 1.44. The molecule has 1 aromatic carbocycles. The van der Waals surface area contributed by atoms with E-state index in [1.165, 1.54) is 11.3 Å². The Bertz CT molecular complexity index is 1240. The van der Waals surface area contributed by atoms with Crippen LogP contribution in [0.15, 0.2) is 40.5 Å². The Morgan fingerprint density at radius 3 is 2.90 bits per heavy atom. The zero-order valence-electron chi connectivity index (χ0n) is 16.5. The molecule has 0 radical (unpaired) electrons. The average molecular weight is 410 g/mol. The Hall–Kier alpha value is -3.00. The lowest BCUT2D eigenvalue weighted by atomic mass is 10.2. The van der Waals surface area contributed by atoms with E-state index in [0.717, 1.165) is 29.0 Å². The Kier molecular flexibility index (Phi) is 5.44. The number of hydrogen-bond acceptors (Lipinski definition) is 5. The molecular weight excluding hydrogens is 386 g/mol. The normalized spacial score (nSPS) is 11.4. The van der Waals surface area contributed by atoms with E-state index in [0.29, 0.717) is 36.3 Å². The van der Waals surface area contributed by atoms with Gasteiger partial charge in [0.2, 0.25) is 11.7 Å². The van der Waals surface area contributed by atoms with E-state index in [1.54, 1.807) is 4.57 Å². The summed E-state index contributed by atoms with van der Waals surface area (Å²) in [6.07, 6.45) is 2.49. The van der Waals surface area contributed by atoms with Gasteiger partial charge in [0.05, 0.1) is 5.52 Å². The molecule has 0 fully saturated rings. The first kappa shape index (κ1) is 19.3. The van der Waals surface area contributed by atoms with E-state index in [-0.39, 0.29) is 11.5 Å². The Morgan fingerprint density at radius 2 is 2.10 bits per heavy atom. The van der Waals surface area contributed by atoms with Crippen molar-refractivity contribution >= 4 is 38.9 Å². The summed E-state index contributed by atoms with van der Waals surface area (Å²) in [6, 6.07) is 9.69. The maximum absolute atomic E-state index is 12.7. The third-order valence-electron chi connectivity index (χ3n) is 4.83. The largest absolute Gasteiger partial charge is 0.326 e. The number of anilines is 1. The summed E-state index contributed by atoms with van der Waals surface area (Å²) in [4.78, 5) is 25.0. The highest BCUT2D eigenvalue weighted by Crippen LogP contribution is 2.20. The first-order chi connectivity index (χ1) is 14.1. The van der Waals surface area contributed by atoms with Crippen LogP contribution in [0.2, 0.25) is 0 Å². The van der Waals surface area contributed by atoms with Crippen molar-refractivity contribution in [1.82, 2.24) is 19.2 Å². The molecule has 4 rings (SSSR count). The van der Waals surface area contributed by atoms with Crippen LogP contribution in [-0.4, -0.2) is 25.1 Å². The molecule has 0 unspecified atom stereocenters.